The van der Waals surface area contributed by atoms with Crippen molar-refractivity contribution in [3.05, 3.63) is 64.3 Å². The number of aryl methyl sites for hydroxylation is 2. The molecule has 36 heavy (non-hydrogen) atoms. The molecule has 1 aliphatic rings. The van der Waals surface area contributed by atoms with Crippen LogP contribution in [-0.2, 0) is 35.5 Å². The fourth-order valence-electron chi connectivity index (χ4n) is 4.07. The molecule has 0 spiro atoms. The van der Waals surface area contributed by atoms with Gasteiger partial charge in [0.2, 0.25) is 5.91 Å². The van der Waals surface area contributed by atoms with Gasteiger partial charge >= 0.3 is 5.97 Å². The zero-order valence-corrected chi connectivity index (χ0v) is 22.2. The number of thiophene rings is 1. The number of amides is 1. The maximum absolute atomic E-state index is 12.9. The van der Waals surface area contributed by atoms with Gasteiger partial charge < -0.3 is 14.8 Å². The van der Waals surface area contributed by atoms with Crippen LogP contribution in [0.4, 0.5) is 5.00 Å². The molecule has 10 heteroatoms. The topological polar surface area (TPSA) is 95.3 Å². The lowest BCUT2D eigenvalue weighted by Gasteiger charge is -2.10. The molecule has 0 bridgehead atoms. The number of carbonyl (C=O) groups is 2. The predicted molar refractivity (Wildman–Crippen MR) is 142 cm³/mol. The van der Waals surface area contributed by atoms with Crippen molar-refractivity contribution >= 4 is 40.0 Å². The van der Waals surface area contributed by atoms with E-state index in [0.717, 1.165) is 49.0 Å². The van der Waals surface area contributed by atoms with Gasteiger partial charge in [-0.15, -0.1) is 28.1 Å². The van der Waals surface area contributed by atoms with E-state index in [1.807, 2.05) is 35.8 Å². The lowest BCUT2D eigenvalue weighted by atomic mass is 10.1. The number of hydrogen-bond acceptors (Lipinski definition) is 8. The van der Waals surface area contributed by atoms with Crippen LogP contribution in [0.15, 0.2) is 42.1 Å². The maximum atomic E-state index is 12.9. The number of fused-ring (bicyclic) bond motifs is 1. The van der Waals surface area contributed by atoms with Crippen LogP contribution >= 0.6 is 23.1 Å². The Balaban J connectivity index is 1.42. The number of methoxy groups -OCH3 is 1. The summed E-state index contributed by atoms with van der Waals surface area (Å²) in [7, 11) is 1.37. The third-order valence-corrected chi connectivity index (χ3v) is 8.06. The normalized spacial score (nSPS) is 12.9. The lowest BCUT2D eigenvalue weighted by molar-refractivity contribution is -0.113. The van der Waals surface area contributed by atoms with Gasteiger partial charge in [0.05, 0.1) is 18.4 Å². The van der Waals surface area contributed by atoms with Crippen LogP contribution in [0, 0.1) is 6.92 Å². The van der Waals surface area contributed by atoms with E-state index in [4.69, 9.17) is 9.47 Å². The van der Waals surface area contributed by atoms with Crippen LogP contribution in [0.5, 0.6) is 5.75 Å². The maximum Gasteiger partial charge on any atom is 0.341 e. The highest BCUT2D eigenvalue weighted by Gasteiger charge is 2.26. The number of esters is 1. The van der Waals surface area contributed by atoms with Gasteiger partial charge in [-0.05, 0) is 50.3 Å². The largest absolute Gasteiger partial charge is 0.486 e. The second-order valence-corrected chi connectivity index (χ2v) is 10.5. The first-order chi connectivity index (χ1) is 17.5. The van der Waals surface area contributed by atoms with Crippen LogP contribution in [0.2, 0.25) is 0 Å². The highest BCUT2D eigenvalue weighted by Crippen LogP contribution is 2.38. The highest BCUT2D eigenvalue weighted by molar-refractivity contribution is 7.99. The zero-order valence-electron chi connectivity index (χ0n) is 20.5. The molecule has 2 heterocycles. The fraction of sp³-hybridized carbons (Fsp3) is 0.385. The summed E-state index contributed by atoms with van der Waals surface area (Å²) in [5.41, 5.74) is 2.69. The fourth-order valence-corrected chi connectivity index (χ4v) is 6.13. The van der Waals surface area contributed by atoms with Gasteiger partial charge in [-0.25, -0.2) is 4.79 Å². The smallest absolute Gasteiger partial charge is 0.341 e. The summed E-state index contributed by atoms with van der Waals surface area (Å²) in [6.07, 6.45) is 6.78. The summed E-state index contributed by atoms with van der Waals surface area (Å²) in [6.45, 7) is 6.59. The van der Waals surface area contributed by atoms with E-state index in [0.29, 0.717) is 28.1 Å². The molecule has 2 aromatic heterocycles. The number of hydrogen-bond donors (Lipinski definition) is 1. The zero-order chi connectivity index (χ0) is 25.5. The quantitative estimate of drug-likeness (QED) is 0.168. The molecule has 3 aromatic rings. The van der Waals surface area contributed by atoms with E-state index in [1.54, 1.807) is 6.08 Å². The molecule has 0 saturated carbocycles. The second kappa shape index (κ2) is 12.2. The minimum absolute atomic E-state index is 0.122. The molecule has 1 aromatic carbocycles. The van der Waals surface area contributed by atoms with E-state index in [1.165, 1.54) is 35.1 Å². The van der Waals surface area contributed by atoms with Crippen molar-refractivity contribution in [3.63, 3.8) is 0 Å². The third-order valence-electron chi connectivity index (χ3n) is 5.89. The Labute approximate surface area is 219 Å². The number of anilines is 1. The SMILES string of the molecule is C=CCn1c(COc2ccc(C)cc2)nnc1SCC(=O)Nc1sc2c(c1C(=O)OC)CCCCC2. The molecule has 0 fully saturated rings. The molecule has 1 amide bonds. The van der Waals surface area contributed by atoms with Crippen LogP contribution < -0.4 is 10.1 Å². The van der Waals surface area contributed by atoms with Crippen molar-refractivity contribution in [2.45, 2.75) is 57.3 Å². The number of benzene rings is 1. The Morgan fingerprint density at radius 3 is 2.72 bits per heavy atom. The van der Waals surface area contributed by atoms with Crippen molar-refractivity contribution in [2.75, 3.05) is 18.2 Å². The number of ether oxygens (including phenoxy) is 2. The average Bonchev–Trinajstić information content (AvgIpc) is 3.33. The van der Waals surface area contributed by atoms with Crippen LogP contribution in [-0.4, -0.2) is 39.5 Å². The number of nitrogens with one attached hydrogen (secondary N) is 1. The van der Waals surface area contributed by atoms with Gasteiger partial charge in [0.25, 0.3) is 0 Å². The summed E-state index contributed by atoms with van der Waals surface area (Å²) in [4.78, 5) is 26.6. The highest BCUT2D eigenvalue weighted by atomic mass is 32.2. The van der Waals surface area contributed by atoms with Crippen molar-refractivity contribution in [3.8, 4) is 5.75 Å². The first kappa shape index (κ1) is 26.0. The van der Waals surface area contributed by atoms with Crippen molar-refractivity contribution in [1.82, 2.24) is 14.8 Å². The molecule has 8 nitrogen and oxygen atoms in total. The number of carbonyl (C=O) groups excluding carboxylic acids is 2. The first-order valence-electron chi connectivity index (χ1n) is 11.9. The first-order valence-corrected chi connectivity index (χ1v) is 13.7. The summed E-state index contributed by atoms with van der Waals surface area (Å²) in [6, 6.07) is 7.80. The molecule has 0 atom stereocenters. The van der Waals surface area contributed by atoms with Crippen molar-refractivity contribution in [2.24, 2.45) is 0 Å². The molecule has 0 aliphatic heterocycles. The summed E-state index contributed by atoms with van der Waals surface area (Å²) < 4.78 is 12.8. The Hall–Kier alpha value is -3.11. The van der Waals surface area contributed by atoms with Gasteiger partial charge in [-0.3, -0.25) is 9.36 Å². The van der Waals surface area contributed by atoms with Gasteiger partial charge in [0.1, 0.15) is 17.4 Å². The van der Waals surface area contributed by atoms with Crippen LogP contribution in [0.1, 0.15) is 51.4 Å². The Bertz CT molecular complexity index is 1230. The molecular formula is C26H30N4O4S2. The van der Waals surface area contributed by atoms with Gasteiger partial charge in [-0.1, -0.05) is 42.0 Å². The summed E-state index contributed by atoms with van der Waals surface area (Å²) in [5, 5.41) is 12.6. The molecule has 1 aliphatic carbocycles. The molecule has 0 saturated heterocycles. The van der Waals surface area contributed by atoms with E-state index in [-0.39, 0.29) is 18.3 Å². The summed E-state index contributed by atoms with van der Waals surface area (Å²) >= 11 is 2.76. The Morgan fingerprint density at radius 1 is 1.19 bits per heavy atom. The number of allylic oxidation sites excluding steroid dienone is 1. The van der Waals surface area contributed by atoms with Gasteiger partial charge in [0, 0.05) is 11.4 Å². The van der Waals surface area contributed by atoms with Crippen LogP contribution in [0.25, 0.3) is 0 Å². The van der Waals surface area contributed by atoms with Crippen molar-refractivity contribution < 1.29 is 19.1 Å². The molecule has 0 unspecified atom stereocenters. The van der Waals surface area contributed by atoms with Crippen LogP contribution in [0.3, 0.4) is 0 Å². The van der Waals surface area contributed by atoms with Crippen molar-refractivity contribution in [1.29, 1.82) is 0 Å². The Kier molecular flexibility index (Phi) is 8.82. The van der Waals surface area contributed by atoms with E-state index in [9.17, 15) is 9.59 Å². The van der Waals surface area contributed by atoms with Gasteiger partial charge in [-0.2, -0.15) is 0 Å². The third kappa shape index (κ3) is 6.17. The molecule has 0 radical (unpaired) electrons. The average molecular weight is 527 g/mol. The number of aromatic nitrogens is 3. The van der Waals surface area contributed by atoms with E-state index < -0.39 is 5.97 Å². The lowest BCUT2D eigenvalue weighted by Crippen LogP contribution is -2.17. The second-order valence-electron chi connectivity index (χ2n) is 8.50. The number of nitrogens with zero attached hydrogens (tertiary/aromatic N) is 3. The Morgan fingerprint density at radius 2 is 1.97 bits per heavy atom. The minimum Gasteiger partial charge on any atom is -0.486 e. The van der Waals surface area contributed by atoms with E-state index >= 15 is 0 Å². The monoisotopic (exact) mass is 526 g/mol. The minimum atomic E-state index is -0.402. The summed E-state index contributed by atoms with van der Waals surface area (Å²) in [5.74, 6) is 0.900. The molecular weight excluding hydrogens is 496 g/mol. The number of rotatable bonds is 10. The number of thioether (sulfide) groups is 1. The molecule has 190 valence electrons. The van der Waals surface area contributed by atoms with Gasteiger partial charge in [0.15, 0.2) is 11.0 Å². The molecule has 1 N–H and O–H groups in total. The standard InChI is InChI=1S/C26H30N4O4S2/c1-4-14-30-21(15-34-18-12-10-17(2)11-13-18)28-29-26(30)35-16-22(31)27-24-23(25(32)33-3)19-8-6-5-7-9-20(19)36-24/h4,10-13H,1,5-9,14-16H2,2-3H3,(H,27,31). The molecule has 4 rings (SSSR count). The van der Waals surface area contributed by atoms with E-state index in [2.05, 4.69) is 22.1 Å². The predicted octanol–water partition coefficient (Wildman–Crippen LogP) is 5.20.